The van der Waals surface area contributed by atoms with Crippen molar-refractivity contribution in [2.24, 2.45) is 11.8 Å². The van der Waals surface area contributed by atoms with Gasteiger partial charge in [-0.25, -0.2) is 0 Å². The fraction of sp³-hybridized carbons (Fsp3) is 0.611. The SMILES string of the molecule is CCC(C)CSC1CC(c2ccccc2)CCC1C#N. The van der Waals surface area contributed by atoms with Gasteiger partial charge in [0.05, 0.1) is 12.0 Å². The van der Waals surface area contributed by atoms with Crippen molar-refractivity contribution in [1.82, 2.24) is 0 Å². The van der Waals surface area contributed by atoms with Gasteiger partial charge in [0.15, 0.2) is 0 Å². The molecule has 0 spiro atoms. The van der Waals surface area contributed by atoms with Crippen LogP contribution in [0.15, 0.2) is 30.3 Å². The monoisotopic (exact) mass is 287 g/mol. The molecule has 1 aromatic rings. The van der Waals surface area contributed by atoms with E-state index < -0.39 is 0 Å². The van der Waals surface area contributed by atoms with E-state index in [4.69, 9.17) is 0 Å². The first-order valence-corrected chi connectivity index (χ1v) is 8.85. The first-order valence-electron chi connectivity index (χ1n) is 7.80. The lowest BCUT2D eigenvalue weighted by Crippen LogP contribution is -2.26. The predicted octanol–water partition coefficient (Wildman–Crippen LogP) is 5.24. The van der Waals surface area contributed by atoms with Gasteiger partial charge in [-0.1, -0.05) is 50.6 Å². The van der Waals surface area contributed by atoms with Gasteiger partial charge in [0.25, 0.3) is 0 Å². The molecule has 20 heavy (non-hydrogen) atoms. The molecule has 2 rings (SSSR count). The minimum absolute atomic E-state index is 0.254. The second-order valence-corrected chi connectivity index (χ2v) is 7.31. The Kier molecular flexibility index (Phi) is 5.98. The van der Waals surface area contributed by atoms with Gasteiger partial charge in [0, 0.05) is 5.25 Å². The van der Waals surface area contributed by atoms with Gasteiger partial charge in [-0.15, -0.1) is 0 Å². The van der Waals surface area contributed by atoms with Gasteiger partial charge in [-0.2, -0.15) is 17.0 Å². The Morgan fingerprint density at radius 3 is 2.70 bits per heavy atom. The van der Waals surface area contributed by atoms with Crippen LogP contribution in [0.4, 0.5) is 0 Å². The summed E-state index contributed by atoms with van der Waals surface area (Å²) in [5.74, 6) is 2.86. The van der Waals surface area contributed by atoms with Crippen molar-refractivity contribution in [2.75, 3.05) is 5.75 Å². The summed E-state index contributed by atoms with van der Waals surface area (Å²) in [5.41, 5.74) is 1.46. The third kappa shape index (κ3) is 4.03. The molecule has 0 heterocycles. The Balaban J connectivity index is 1.98. The van der Waals surface area contributed by atoms with Crippen LogP contribution in [0.1, 0.15) is 51.0 Å². The van der Waals surface area contributed by atoms with Crippen LogP contribution < -0.4 is 0 Å². The van der Waals surface area contributed by atoms with Crippen molar-refractivity contribution in [1.29, 1.82) is 5.26 Å². The van der Waals surface area contributed by atoms with Crippen LogP contribution in [-0.4, -0.2) is 11.0 Å². The van der Waals surface area contributed by atoms with E-state index in [0.29, 0.717) is 11.2 Å². The molecule has 0 amide bonds. The van der Waals surface area contributed by atoms with Crippen molar-refractivity contribution in [3.63, 3.8) is 0 Å². The fourth-order valence-corrected chi connectivity index (χ4v) is 4.50. The molecule has 108 valence electrons. The Hall–Kier alpha value is -0.940. The van der Waals surface area contributed by atoms with E-state index in [0.717, 1.165) is 12.3 Å². The summed E-state index contributed by atoms with van der Waals surface area (Å²) in [6.45, 7) is 4.56. The lowest BCUT2D eigenvalue weighted by atomic mass is 9.79. The zero-order chi connectivity index (χ0) is 14.4. The molecule has 1 nitrogen and oxygen atoms in total. The largest absolute Gasteiger partial charge is 0.198 e. The van der Waals surface area contributed by atoms with Crippen molar-refractivity contribution in [3.05, 3.63) is 35.9 Å². The first kappa shape index (κ1) is 15.4. The summed E-state index contributed by atoms with van der Waals surface area (Å²) in [6, 6.07) is 13.4. The van der Waals surface area contributed by atoms with Gasteiger partial charge >= 0.3 is 0 Å². The van der Waals surface area contributed by atoms with E-state index in [2.05, 4.69) is 50.2 Å². The summed E-state index contributed by atoms with van der Waals surface area (Å²) in [7, 11) is 0. The number of hydrogen-bond donors (Lipinski definition) is 0. The molecule has 1 saturated carbocycles. The maximum Gasteiger partial charge on any atom is 0.0667 e. The van der Waals surface area contributed by atoms with Crippen LogP contribution in [0.3, 0.4) is 0 Å². The lowest BCUT2D eigenvalue weighted by Gasteiger charge is -2.33. The van der Waals surface area contributed by atoms with Gasteiger partial charge < -0.3 is 0 Å². The molecule has 0 bridgehead atoms. The van der Waals surface area contributed by atoms with Crippen molar-refractivity contribution in [2.45, 2.75) is 50.7 Å². The minimum Gasteiger partial charge on any atom is -0.198 e. The maximum atomic E-state index is 9.38. The standard InChI is InChI=1S/C18H25NS/c1-3-14(2)13-20-18-11-16(9-10-17(18)12-19)15-7-5-4-6-8-15/h4-8,14,16-18H,3,9-11,13H2,1-2H3. The van der Waals surface area contributed by atoms with E-state index in [9.17, 15) is 5.26 Å². The Morgan fingerprint density at radius 2 is 2.05 bits per heavy atom. The van der Waals surface area contributed by atoms with E-state index in [1.807, 2.05) is 11.8 Å². The van der Waals surface area contributed by atoms with Crippen LogP contribution in [-0.2, 0) is 0 Å². The second kappa shape index (κ2) is 7.74. The van der Waals surface area contributed by atoms with Crippen molar-refractivity contribution in [3.8, 4) is 6.07 Å². The number of thioether (sulfide) groups is 1. The highest BCUT2D eigenvalue weighted by molar-refractivity contribution is 7.99. The quantitative estimate of drug-likeness (QED) is 0.739. The maximum absolute atomic E-state index is 9.38. The smallest absolute Gasteiger partial charge is 0.0667 e. The molecule has 0 aliphatic heterocycles. The number of rotatable bonds is 5. The Bertz CT molecular complexity index is 436. The minimum atomic E-state index is 0.254. The molecule has 1 aromatic carbocycles. The average molecular weight is 287 g/mol. The predicted molar refractivity (Wildman–Crippen MR) is 87.8 cm³/mol. The molecule has 4 unspecified atom stereocenters. The molecule has 1 aliphatic rings. The summed E-state index contributed by atoms with van der Waals surface area (Å²) in [4.78, 5) is 0. The molecule has 1 aliphatic carbocycles. The van der Waals surface area contributed by atoms with Crippen molar-refractivity contribution < 1.29 is 0 Å². The number of hydrogen-bond acceptors (Lipinski definition) is 2. The average Bonchev–Trinajstić information content (AvgIpc) is 2.53. The Morgan fingerprint density at radius 1 is 1.30 bits per heavy atom. The second-order valence-electron chi connectivity index (χ2n) is 6.04. The fourth-order valence-electron chi connectivity index (χ4n) is 2.89. The van der Waals surface area contributed by atoms with E-state index in [1.54, 1.807) is 0 Å². The van der Waals surface area contributed by atoms with Crippen LogP contribution in [0, 0.1) is 23.2 Å². The molecule has 1 fully saturated rings. The highest BCUT2D eigenvalue weighted by atomic mass is 32.2. The lowest BCUT2D eigenvalue weighted by molar-refractivity contribution is 0.393. The molecular weight excluding hydrogens is 262 g/mol. The summed E-state index contributed by atoms with van der Waals surface area (Å²) >= 11 is 2.04. The van der Waals surface area contributed by atoms with Gasteiger partial charge in [-0.05, 0) is 42.4 Å². The highest BCUT2D eigenvalue weighted by Crippen LogP contribution is 2.41. The number of benzene rings is 1. The van der Waals surface area contributed by atoms with Gasteiger partial charge in [-0.3, -0.25) is 0 Å². The molecule has 0 N–H and O–H groups in total. The van der Waals surface area contributed by atoms with E-state index >= 15 is 0 Å². The van der Waals surface area contributed by atoms with E-state index in [-0.39, 0.29) is 5.92 Å². The third-order valence-electron chi connectivity index (χ3n) is 4.52. The summed E-state index contributed by atoms with van der Waals surface area (Å²) in [6.07, 6.45) is 4.64. The zero-order valence-electron chi connectivity index (χ0n) is 12.6. The van der Waals surface area contributed by atoms with E-state index in [1.165, 1.54) is 30.6 Å². The molecule has 0 saturated heterocycles. The van der Waals surface area contributed by atoms with Gasteiger partial charge in [0.2, 0.25) is 0 Å². The molecule has 0 aromatic heterocycles. The van der Waals surface area contributed by atoms with Crippen LogP contribution in [0.5, 0.6) is 0 Å². The first-order chi connectivity index (χ1) is 9.74. The number of nitrogens with zero attached hydrogens (tertiary/aromatic N) is 1. The zero-order valence-corrected chi connectivity index (χ0v) is 13.4. The Labute approximate surface area is 127 Å². The van der Waals surface area contributed by atoms with Crippen LogP contribution in [0.2, 0.25) is 0 Å². The number of nitriles is 1. The van der Waals surface area contributed by atoms with Gasteiger partial charge in [0.1, 0.15) is 0 Å². The third-order valence-corrected chi connectivity index (χ3v) is 6.23. The van der Waals surface area contributed by atoms with Crippen molar-refractivity contribution >= 4 is 11.8 Å². The summed E-state index contributed by atoms with van der Waals surface area (Å²) < 4.78 is 0. The highest BCUT2D eigenvalue weighted by Gasteiger charge is 2.31. The van der Waals surface area contributed by atoms with Crippen LogP contribution >= 0.6 is 11.8 Å². The summed E-state index contributed by atoms with van der Waals surface area (Å²) in [5, 5.41) is 9.90. The normalized spacial score (nSPS) is 27.8. The molecule has 0 radical (unpaired) electrons. The molecular formula is C18H25NS. The molecule has 4 atom stereocenters. The topological polar surface area (TPSA) is 23.8 Å². The molecule has 2 heteroatoms. The van der Waals surface area contributed by atoms with Crippen LogP contribution in [0.25, 0.3) is 0 Å².